The van der Waals surface area contributed by atoms with E-state index >= 15 is 0 Å². The second-order valence-corrected chi connectivity index (χ2v) is 4.99. The third-order valence-electron chi connectivity index (χ3n) is 3.51. The monoisotopic (exact) mass is 244 g/mol. The van der Waals surface area contributed by atoms with Crippen LogP contribution in [0.3, 0.4) is 0 Å². The topological polar surface area (TPSA) is 44.7 Å². The molecule has 1 fully saturated rings. The fourth-order valence-electron chi connectivity index (χ4n) is 2.61. The molecule has 2 unspecified atom stereocenters. The standard InChI is InChI=1S/C13H28N2O2/c1-3-14-13(10-16)6-8-15-7-4-5-12(9-15)11-17-2/h12-14,16H,3-11H2,1-2H3. The van der Waals surface area contributed by atoms with Crippen LogP contribution in [0.5, 0.6) is 0 Å². The largest absolute Gasteiger partial charge is 0.395 e. The van der Waals surface area contributed by atoms with Crippen LogP contribution in [0.1, 0.15) is 26.2 Å². The van der Waals surface area contributed by atoms with Gasteiger partial charge in [0.05, 0.1) is 13.2 Å². The maximum atomic E-state index is 9.22. The summed E-state index contributed by atoms with van der Waals surface area (Å²) < 4.78 is 5.24. The molecule has 0 aromatic carbocycles. The average Bonchev–Trinajstić information content (AvgIpc) is 2.35. The van der Waals surface area contributed by atoms with Crippen molar-refractivity contribution < 1.29 is 9.84 Å². The van der Waals surface area contributed by atoms with Gasteiger partial charge in [-0.25, -0.2) is 0 Å². The van der Waals surface area contributed by atoms with E-state index in [0.717, 1.165) is 32.7 Å². The van der Waals surface area contributed by atoms with Gasteiger partial charge in [0.25, 0.3) is 0 Å². The van der Waals surface area contributed by atoms with Crippen LogP contribution in [0, 0.1) is 5.92 Å². The van der Waals surface area contributed by atoms with Crippen molar-refractivity contribution in [2.45, 2.75) is 32.2 Å². The Kier molecular flexibility index (Phi) is 7.77. The van der Waals surface area contributed by atoms with Crippen molar-refractivity contribution >= 4 is 0 Å². The molecule has 4 heteroatoms. The highest BCUT2D eigenvalue weighted by molar-refractivity contribution is 4.75. The van der Waals surface area contributed by atoms with Crippen LogP contribution in [0.4, 0.5) is 0 Å². The Labute approximate surface area is 105 Å². The summed E-state index contributed by atoms with van der Waals surface area (Å²) in [4.78, 5) is 2.51. The Morgan fingerprint density at radius 2 is 2.35 bits per heavy atom. The number of ether oxygens (including phenoxy) is 1. The number of likely N-dealkylation sites (tertiary alicyclic amines) is 1. The van der Waals surface area contributed by atoms with Gasteiger partial charge >= 0.3 is 0 Å². The molecule has 0 spiro atoms. The highest BCUT2D eigenvalue weighted by Crippen LogP contribution is 2.16. The highest BCUT2D eigenvalue weighted by Gasteiger charge is 2.20. The first kappa shape index (κ1) is 14.9. The first-order valence-electron chi connectivity index (χ1n) is 6.85. The zero-order chi connectivity index (χ0) is 12.5. The third kappa shape index (κ3) is 5.82. The van der Waals surface area contributed by atoms with Gasteiger partial charge in [-0.3, -0.25) is 0 Å². The second-order valence-electron chi connectivity index (χ2n) is 4.99. The van der Waals surface area contributed by atoms with Gasteiger partial charge in [0.15, 0.2) is 0 Å². The smallest absolute Gasteiger partial charge is 0.0585 e. The molecule has 4 nitrogen and oxygen atoms in total. The van der Waals surface area contributed by atoms with E-state index in [1.165, 1.54) is 19.4 Å². The normalized spacial score (nSPS) is 23.8. The van der Waals surface area contributed by atoms with Crippen LogP contribution in [-0.4, -0.2) is 62.6 Å². The lowest BCUT2D eigenvalue weighted by molar-refractivity contribution is 0.0869. The number of piperidine rings is 1. The lowest BCUT2D eigenvalue weighted by atomic mass is 9.98. The first-order chi connectivity index (χ1) is 8.30. The van der Waals surface area contributed by atoms with Crippen molar-refractivity contribution in [3.05, 3.63) is 0 Å². The molecule has 0 aromatic heterocycles. The van der Waals surface area contributed by atoms with Gasteiger partial charge in [0.1, 0.15) is 0 Å². The van der Waals surface area contributed by atoms with E-state index in [1.54, 1.807) is 7.11 Å². The average molecular weight is 244 g/mol. The molecule has 0 aromatic rings. The van der Waals surface area contributed by atoms with Gasteiger partial charge in [-0.15, -0.1) is 0 Å². The SMILES string of the molecule is CCNC(CO)CCN1CCCC(COC)C1. The van der Waals surface area contributed by atoms with Crippen molar-refractivity contribution in [2.24, 2.45) is 5.92 Å². The van der Waals surface area contributed by atoms with Gasteiger partial charge < -0.3 is 20.1 Å². The number of likely N-dealkylation sites (N-methyl/N-ethyl adjacent to an activating group) is 1. The number of aliphatic hydroxyl groups excluding tert-OH is 1. The summed E-state index contributed by atoms with van der Waals surface area (Å²) in [5.74, 6) is 0.695. The predicted octanol–water partition coefficient (Wildman–Crippen LogP) is 0.705. The highest BCUT2D eigenvalue weighted by atomic mass is 16.5. The van der Waals surface area contributed by atoms with E-state index in [-0.39, 0.29) is 12.6 Å². The Bertz CT molecular complexity index is 188. The van der Waals surface area contributed by atoms with E-state index in [9.17, 15) is 5.11 Å². The Hall–Kier alpha value is -0.160. The number of hydrogen-bond acceptors (Lipinski definition) is 4. The minimum atomic E-state index is 0.239. The van der Waals surface area contributed by atoms with Crippen molar-refractivity contribution in [3.8, 4) is 0 Å². The molecule has 17 heavy (non-hydrogen) atoms. The fourth-order valence-corrected chi connectivity index (χ4v) is 2.61. The summed E-state index contributed by atoms with van der Waals surface area (Å²) in [5.41, 5.74) is 0. The van der Waals surface area contributed by atoms with Crippen molar-refractivity contribution in [3.63, 3.8) is 0 Å². The van der Waals surface area contributed by atoms with Crippen LogP contribution >= 0.6 is 0 Å². The number of nitrogens with zero attached hydrogens (tertiary/aromatic N) is 1. The zero-order valence-electron chi connectivity index (χ0n) is 11.3. The molecular formula is C13H28N2O2. The van der Waals surface area contributed by atoms with Crippen LogP contribution < -0.4 is 5.32 Å². The summed E-state index contributed by atoms with van der Waals surface area (Å²) in [7, 11) is 1.78. The van der Waals surface area contributed by atoms with Crippen molar-refractivity contribution in [1.29, 1.82) is 0 Å². The van der Waals surface area contributed by atoms with Gasteiger partial charge in [-0.1, -0.05) is 6.92 Å². The molecule has 0 saturated carbocycles. The maximum Gasteiger partial charge on any atom is 0.0585 e. The minimum Gasteiger partial charge on any atom is -0.395 e. The Balaban J connectivity index is 2.21. The summed E-state index contributed by atoms with van der Waals surface area (Å²) in [5, 5.41) is 12.5. The van der Waals surface area contributed by atoms with Crippen molar-refractivity contribution in [1.82, 2.24) is 10.2 Å². The lowest BCUT2D eigenvalue weighted by Crippen LogP contribution is -2.41. The van der Waals surface area contributed by atoms with Gasteiger partial charge in [0, 0.05) is 19.7 Å². The van der Waals surface area contributed by atoms with Gasteiger partial charge in [0.2, 0.25) is 0 Å². The van der Waals surface area contributed by atoms with Gasteiger partial charge in [-0.2, -0.15) is 0 Å². The van der Waals surface area contributed by atoms with E-state index in [0.29, 0.717) is 5.92 Å². The molecule has 0 aliphatic carbocycles. The molecule has 1 rings (SSSR count). The Morgan fingerprint density at radius 1 is 1.53 bits per heavy atom. The molecule has 1 aliphatic heterocycles. The predicted molar refractivity (Wildman–Crippen MR) is 70.2 cm³/mol. The number of methoxy groups -OCH3 is 1. The molecular weight excluding hydrogens is 216 g/mol. The van der Waals surface area contributed by atoms with Crippen LogP contribution in [0.2, 0.25) is 0 Å². The molecule has 0 bridgehead atoms. The number of aliphatic hydroxyl groups is 1. The minimum absolute atomic E-state index is 0.239. The van der Waals surface area contributed by atoms with Crippen LogP contribution in [0.15, 0.2) is 0 Å². The van der Waals surface area contributed by atoms with E-state index in [2.05, 4.69) is 17.1 Å². The molecule has 0 amide bonds. The summed E-state index contributed by atoms with van der Waals surface area (Å²) >= 11 is 0. The van der Waals surface area contributed by atoms with E-state index in [4.69, 9.17) is 4.74 Å². The maximum absolute atomic E-state index is 9.22. The Morgan fingerprint density at radius 3 is 3.00 bits per heavy atom. The molecule has 1 aliphatic rings. The number of nitrogens with one attached hydrogen (secondary N) is 1. The summed E-state index contributed by atoms with van der Waals surface area (Å²) in [6.07, 6.45) is 3.60. The van der Waals surface area contributed by atoms with Crippen molar-refractivity contribution in [2.75, 3.05) is 46.5 Å². The third-order valence-corrected chi connectivity index (χ3v) is 3.51. The molecule has 102 valence electrons. The summed E-state index contributed by atoms with van der Waals surface area (Å²) in [6, 6.07) is 0.253. The first-order valence-corrected chi connectivity index (χ1v) is 6.85. The molecule has 2 atom stereocenters. The van der Waals surface area contributed by atoms with Crippen LogP contribution in [-0.2, 0) is 4.74 Å². The number of hydrogen-bond donors (Lipinski definition) is 2. The molecule has 2 N–H and O–H groups in total. The fraction of sp³-hybridized carbons (Fsp3) is 1.00. The van der Waals surface area contributed by atoms with E-state index in [1.807, 2.05) is 0 Å². The second kappa shape index (κ2) is 8.86. The molecule has 1 saturated heterocycles. The van der Waals surface area contributed by atoms with Gasteiger partial charge in [-0.05, 0) is 44.8 Å². The number of rotatable bonds is 8. The molecule has 1 heterocycles. The van der Waals surface area contributed by atoms with E-state index < -0.39 is 0 Å². The molecule has 0 radical (unpaired) electrons. The zero-order valence-corrected chi connectivity index (χ0v) is 11.3. The van der Waals surface area contributed by atoms with Crippen LogP contribution in [0.25, 0.3) is 0 Å². The summed E-state index contributed by atoms with van der Waals surface area (Å²) in [6.45, 7) is 7.56. The quantitative estimate of drug-likeness (QED) is 0.660. The lowest BCUT2D eigenvalue weighted by Gasteiger charge is -2.33.